The number of methoxy groups -OCH3 is 1. The van der Waals surface area contributed by atoms with Crippen molar-refractivity contribution in [2.75, 3.05) is 13.7 Å². The molecule has 2 atom stereocenters. The van der Waals surface area contributed by atoms with E-state index in [4.69, 9.17) is 15.2 Å². The number of nitrogens with two attached hydrogens (primary N) is 1. The minimum atomic E-state index is -1.56. The van der Waals surface area contributed by atoms with Crippen LogP contribution in [0.25, 0.3) is 10.9 Å². The fraction of sp³-hybridized carbons (Fsp3) is 0.312. The Kier molecular flexibility index (Phi) is 12.0. The zero-order valence-electron chi connectivity index (χ0n) is 25.7. The molecule has 0 spiro atoms. The summed E-state index contributed by atoms with van der Waals surface area (Å²) in [6.45, 7) is 3.93. The smallest absolute Gasteiger partial charge is 0.340 e. The number of Topliss-reactive ketones (excluding diaryl/α,β-unsaturated/α-hetero) is 1. The number of benzene rings is 2. The second-order valence-electron chi connectivity index (χ2n) is 10.7. The van der Waals surface area contributed by atoms with Gasteiger partial charge in [0, 0.05) is 22.7 Å². The lowest BCUT2D eigenvalue weighted by atomic mass is 10.0. The number of carbonyl (C=O) groups is 6. The second kappa shape index (κ2) is 15.9. The highest BCUT2D eigenvalue weighted by atomic mass is 16.5. The molecule has 0 aliphatic rings. The molecule has 3 rings (SSSR count). The van der Waals surface area contributed by atoms with E-state index in [0.717, 1.165) is 0 Å². The van der Waals surface area contributed by atoms with Gasteiger partial charge in [0.2, 0.25) is 11.8 Å². The first-order chi connectivity index (χ1) is 21.8. The van der Waals surface area contributed by atoms with E-state index < -0.39 is 66.5 Å². The monoisotopic (exact) mass is 633 g/mol. The number of carbonyl (C=O) groups excluding carboxylic acids is 5. The Morgan fingerprint density at radius 2 is 1.72 bits per heavy atom. The molecule has 14 nitrogen and oxygen atoms in total. The van der Waals surface area contributed by atoms with Crippen LogP contribution in [0.1, 0.15) is 53.5 Å². The van der Waals surface area contributed by atoms with E-state index in [2.05, 4.69) is 20.6 Å². The number of nitrogens with one attached hydrogen (secondary N) is 2. The summed E-state index contributed by atoms with van der Waals surface area (Å²) in [6, 6.07) is 10.3. The molecule has 1 aromatic heterocycles. The number of amidine groups is 1. The SMILES string of the molecule is COc1ccc(C(=O)N=C(C)N)cc1CC(=O)N[C@H](C(=O)NC(CC(=O)O)C(=O)COC(=O)c1cnc2ccccc2c1)C(C)C. The number of ether oxygens (including phenoxy) is 2. The number of pyridine rings is 1. The van der Waals surface area contributed by atoms with E-state index in [9.17, 15) is 33.9 Å². The average Bonchev–Trinajstić information content (AvgIpc) is 3.00. The molecule has 46 heavy (non-hydrogen) atoms. The van der Waals surface area contributed by atoms with Crippen molar-refractivity contribution in [1.29, 1.82) is 0 Å². The molecule has 0 fully saturated rings. The molecule has 5 N–H and O–H groups in total. The van der Waals surface area contributed by atoms with Crippen LogP contribution in [0.15, 0.2) is 59.7 Å². The summed E-state index contributed by atoms with van der Waals surface area (Å²) in [5.41, 5.74) is 6.73. The summed E-state index contributed by atoms with van der Waals surface area (Å²) in [6.07, 6.45) is 0.213. The summed E-state index contributed by atoms with van der Waals surface area (Å²) >= 11 is 0. The number of aliphatic imine (C=N–C) groups is 1. The van der Waals surface area contributed by atoms with Crippen LogP contribution in [0, 0.1) is 5.92 Å². The lowest BCUT2D eigenvalue weighted by Crippen LogP contribution is -2.54. The third-order valence-corrected chi connectivity index (χ3v) is 6.68. The molecular weight excluding hydrogens is 598 g/mol. The van der Waals surface area contributed by atoms with Crippen molar-refractivity contribution in [3.63, 3.8) is 0 Å². The predicted octanol–water partition coefficient (Wildman–Crippen LogP) is 1.83. The van der Waals surface area contributed by atoms with Gasteiger partial charge in [-0.1, -0.05) is 32.0 Å². The minimum Gasteiger partial charge on any atom is -0.496 e. The summed E-state index contributed by atoms with van der Waals surface area (Å²) < 4.78 is 10.4. The van der Waals surface area contributed by atoms with Gasteiger partial charge < -0.3 is 30.9 Å². The number of amides is 3. The van der Waals surface area contributed by atoms with E-state index in [0.29, 0.717) is 22.2 Å². The van der Waals surface area contributed by atoms with Crippen molar-refractivity contribution in [2.45, 2.75) is 45.7 Å². The van der Waals surface area contributed by atoms with Crippen LogP contribution >= 0.6 is 0 Å². The third-order valence-electron chi connectivity index (χ3n) is 6.68. The lowest BCUT2D eigenvalue weighted by molar-refractivity contribution is -0.141. The summed E-state index contributed by atoms with van der Waals surface area (Å²) in [5, 5.41) is 15.0. The number of rotatable bonds is 14. The van der Waals surface area contributed by atoms with E-state index in [-0.39, 0.29) is 23.4 Å². The molecule has 2 aromatic carbocycles. The van der Waals surface area contributed by atoms with Gasteiger partial charge in [-0.2, -0.15) is 4.99 Å². The van der Waals surface area contributed by atoms with Gasteiger partial charge in [0.05, 0.1) is 31.0 Å². The number of esters is 1. The topological polar surface area (TPSA) is 216 Å². The number of hydrogen-bond donors (Lipinski definition) is 4. The van der Waals surface area contributed by atoms with Crippen molar-refractivity contribution < 1.29 is 43.3 Å². The van der Waals surface area contributed by atoms with Crippen LogP contribution in [-0.4, -0.2) is 77.2 Å². The Balaban J connectivity index is 1.69. The maximum Gasteiger partial charge on any atom is 0.340 e. The number of nitrogens with zero attached hydrogens (tertiary/aromatic N) is 2. The van der Waals surface area contributed by atoms with Crippen LogP contribution in [0.2, 0.25) is 0 Å². The Labute approximate surface area is 264 Å². The Morgan fingerprint density at radius 3 is 2.37 bits per heavy atom. The normalized spacial score (nSPS) is 12.6. The van der Waals surface area contributed by atoms with Crippen LogP contribution < -0.4 is 21.1 Å². The maximum absolute atomic E-state index is 13.2. The Bertz CT molecular complexity index is 1680. The van der Waals surface area contributed by atoms with Crippen LogP contribution in [0.5, 0.6) is 5.75 Å². The van der Waals surface area contributed by atoms with E-state index in [1.54, 1.807) is 44.2 Å². The van der Waals surface area contributed by atoms with Gasteiger partial charge in [-0.25, -0.2) is 4.79 Å². The third kappa shape index (κ3) is 9.67. The van der Waals surface area contributed by atoms with Gasteiger partial charge in [-0.15, -0.1) is 0 Å². The van der Waals surface area contributed by atoms with Crippen LogP contribution in [0.4, 0.5) is 0 Å². The maximum atomic E-state index is 13.2. The molecule has 3 aromatic rings. The van der Waals surface area contributed by atoms with Gasteiger partial charge in [-0.3, -0.25) is 29.0 Å². The molecule has 0 saturated carbocycles. The fourth-order valence-corrected chi connectivity index (χ4v) is 4.39. The van der Waals surface area contributed by atoms with Gasteiger partial charge in [-0.05, 0) is 43.2 Å². The highest BCUT2D eigenvalue weighted by Crippen LogP contribution is 2.21. The predicted molar refractivity (Wildman–Crippen MR) is 166 cm³/mol. The minimum absolute atomic E-state index is 0.0611. The molecule has 0 aliphatic heterocycles. The van der Waals surface area contributed by atoms with E-state index in [1.807, 2.05) is 0 Å². The Hall–Kier alpha value is -5.66. The molecule has 1 heterocycles. The first-order valence-corrected chi connectivity index (χ1v) is 14.2. The first kappa shape index (κ1) is 34.8. The Morgan fingerprint density at radius 1 is 1.00 bits per heavy atom. The number of ketones is 1. The highest BCUT2D eigenvalue weighted by Gasteiger charge is 2.31. The molecule has 1 unspecified atom stereocenters. The summed E-state index contributed by atoms with van der Waals surface area (Å²) in [4.78, 5) is 83.5. The average molecular weight is 634 g/mol. The zero-order chi connectivity index (χ0) is 34.0. The fourth-order valence-electron chi connectivity index (χ4n) is 4.39. The number of para-hydroxylation sites is 1. The van der Waals surface area contributed by atoms with Gasteiger partial charge in [0.1, 0.15) is 23.7 Å². The molecule has 3 amide bonds. The number of aliphatic carboxylic acids is 1. The molecule has 242 valence electrons. The lowest BCUT2D eigenvalue weighted by Gasteiger charge is -2.24. The standard InChI is InChI=1S/C32H35N5O9/c1-17(2)29(37-27(39)13-21-12-20(9-10-26(21)45-4)30(42)35-18(3)33)31(43)36-24(14-28(40)41)25(38)16-46-32(44)22-11-19-7-5-6-8-23(19)34-15-22/h5-12,15,17,24,29H,13-14,16H2,1-4H3,(H,36,43)(H,37,39)(H,40,41)(H2,33,35,42)/t24?,29-/m0/s1. The molecule has 0 bridgehead atoms. The highest BCUT2D eigenvalue weighted by molar-refractivity contribution is 6.03. The van der Waals surface area contributed by atoms with Crippen molar-refractivity contribution in [3.05, 3.63) is 71.4 Å². The number of aromatic nitrogens is 1. The quantitative estimate of drug-likeness (QED) is 0.114. The largest absolute Gasteiger partial charge is 0.496 e. The second-order valence-corrected chi connectivity index (χ2v) is 10.7. The zero-order valence-corrected chi connectivity index (χ0v) is 25.7. The number of carboxylic acids is 1. The number of carboxylic acid groups (broad SMARTS) is 1. The van der Waals surface area contributed by atoms with Crippen molar-refractivity contribution in [2.24, 2.45) is 16.6 Å². The summed E-state index contributed by atoms with van der Waals surface area (Å²) in [7, 11) is 1.39. The van der Waals surface area contributed by atoms with Gasteiger partial charge in [0.15, 0.2) is 12.4 Å². The molecule has 0 radical (unpaired) electrons. The number of fused-ring (bicyclic) bond motifs is 1. The van der Waals surface area contributed by atoms with Crippen LogP contribution in [0.3, 0.4) is 0 Å². The summed E-state index contributed by atoms with van der Waals surface area (Å²) in [5.74, 6) is -5.27. The van der Waals surface area contributed by atoms with Gasteiger partial charge in [0.25, 0.3) is 5.91 Å². The van der Waals surface area contributed by atoms with Crippen molar-refractivity contribution in [3.8, 4) is 5.75 Å². The van der Waals surface area contributed by atoms with E-state index in [1.165, 1.54) is 38.4 Å². The van der Waals surface area contributed by atoms with Crippen molar-refractivity contribution >= 4 is 52.2 Å². The van der Waals surface area contributed by atoms with Crippen LogP contribution in [-0.2, 0) is 30.3 Å². The molecule has 0 saturated heterocycles. The number of hydrogen-bond acceptors (Lipinski definition) is 9. The van der Waals surface area contributed by atoms with Crippen molar-refractivity contribution in [1.82, 2.24) is 15.6 Å². The molecular formula is C32H35N5O9. The molecule has 14 heteroatoms. The molecule has 0 aliphatic carbocycles. The first-order valence-electron chi connectivity index (χ1n) is 14.2. The van der Waals surface area contributed by atoms with Gasteiger partial charge >= 0.3 is 11.9 Å². The van der Waals surface area contributed by atoms with E-state index >= 15 is 0 Å².